The van der Waals surface area contributed by atoms with Gasteiger partial charge in [-0.3, -0.25) is 14.7 Å². The number of anilines is 1. The van der Waals surface area contributed by atoms with E-state index in [1.807, 2.05) is 0 Å². The molecule has 0 saturated carbocycles. The van der Waals surface area contributed by atoms with Gasteiger partial charge in [0.1, 0.15) is 6.10 Å². The Morgan fingerprint density at radius 1 is 1.42 bits per heavy atom. The minimum Gasteiger partial charge on any atom is -0.480 e. The Kier molecular flexibility index (Phi) is 5.62. The number of likely N-dealkylation sites (tertiary alicyclic amines) is 1. The third kappa shape index (κ3) is 4.44. The molecule has 8 nitrogen and oxygen atoms in total. The Bertz CT molecular complexity index is 787. The van der Waals surface area contributed by atoms with Crippen LogP contribution in [-0.2, 0) is 11.3 Å². The number of carbonyl (C=O) groups excluding carboxylic acids is 1. The van der Waals surface area contributed by atoms with E-state index in [1.54, 1.807) is 6.20 Å². The fourth-order valence-corrected chi connectivity index (χ4v) is 3.74. The number of rotatable bonds is 6. The van der Waals surface area contributed by atoms with E-state index in [0.29, 0.717) is 29.7 Å². The molecule has 1 amide bonds. The lowest BCUT2D eigenvalue weighted by Crippen LogP contribution is -2.28. The van der Waals surface area contributed by atoms with Crippen molar-refractivity contribution in [3.63, 3.8) is 0 Å². The summed E-state index contributed by atoms with van der Waals surface area (Å²) in [6.45, 7) is 4.47. The van der Waals surface area contributed by atoms with Gasteiger partial charge in [0, 0.05) is 32.5 Å². The van der Waals surface area contributed by atoms with Gasteiger partial charge in [0.25, 0.3) is 0 Å². The molecule has 2 aromatic rings. The summed E-state index contributed by atoms with van der Waals surface area (Å²) < 4.78 is 25.0. The number of thiazole rings is 1. The number of hydrogen-bond acceptors (Lipinski definition) is 8. The van der Waals surface area contributed by atoms with Crippen LogP contribution < -0.4 is 14.8 Å². The van der Waals surface area contributed by atoms with Crippen LogP contribution in [0.5, 0.6) is 11.8 Å². The van der Waals surface area contributed by atoms with Gasteiger partial charge in [-0.25, -0.2) is 0 Å². The van der Waals surface area contributed by atoms with Crippen LogP contribution in [0.25, 0.3) is 0 Å². The molecule has 0 aromatic carbocycles. The molecule has 0 bridgehead atoms. The third-order valence-corrected chi connectivity index (χ3v) is 4.96. The first kappa shape index (κ1) is 18.5. The van der Waals surface area contributed by atoms with Crippen molar-refractivity contribution in [1.82, 2.24) is 19.9 Å². The number of aromatic nitrogens is 3. The molecule has 140 valence electrons. The fourth-order valence-electron chi connectivity index (χ4n) is 2.83. The summed E-state index contributed by atoms with van der Waals surface area (Å²) in [6, 6.07) is 0.212. The zero-order chi connectivity index (χ0) is 18.7. The molecule has 1 aliphatic rings. The van der Waals surface area contributed by atoms with E-state index < -0.39 is 5.95 Å². The lowest BCUT2D eigenvalue weighted by Gasteiger charge is -2.19. The number of hydrogen-bond donors (Lipinski definition) is 1. The van der Waals surface area contributed by atoms with Gasteiger partial charge in [0.2, 0.25) is 23.6 Å². The van der Waals surface area contributed by atoms with E-state index >= 15 is 0 Å². The van der Waals surface area contributed by atoms with Crippen LogP contribution in [0.1, 0.15) is 25.1 Å². The van der Waals surface area contributed by atoms with Crippen molar-refractivity contribution in [1.29, 1.82) is 0 Å². The lowest BCUT2D eigenvalue weighted by atomic mass is 10.2. The summed E-state index contributed by atoms with van der Waals surface area (Å²) in [4.78, 5) is 25.7. The molecule has 0 spiro atoms. The lowest BCUT2D eigenvalue weighted by molar-refractivity contribution is -0.114. The molecule has 2 aromatic heterocycles. The van der Waals surface area contributed by atoms with E-state index in [-0.39, 0.29) is 23.2 Å². The molecule has 0 unspecified atom stereocenters. The van der Waals surface area contributed by atoms with Crippen molar-refractivity contribution in [2.24, 2.45) is 0 Å². The number of amides is 1. The molecule has 1 aliphatic heterocycles. The summed E-state index contributed by atoms with van der Waals surface area (Å²) >= 11 is 1.15. The van der Waals surface area contributed by atoms with Crippen molar-refractivity contribution >= 4 is 22.4 Å². The smallest absolute Gasteiger partial charge is 0.235 e. The SMILES string of the molecule is COc1cncc(O[C@@H]2C[C@H](C)N(Cc3sc(NC(C)=O)nc3F)C2)n1. The van der Waals surface area contributed by atoms with E-state index in [4.69, 9.17) is 9.47 Å². The van der Waals surface area contributed by atoms with Crippen LogP contribution in [0.2, 0.25) is 0 Å². The van der Waals surface area contributed by atoms with Gasteiger partial charge in [-0.1, -0.05) is 11.3 Å². The molecule has 26 heavy (non-hydrogen) atoms. The second-order valence-electron chi connectivity index (χ2n) is 6.07. The van der Waals surface area contributed by atoms with Gasteiger partial charge in [0.05, 0.1) is 24.4 Å². The second kappa shape index (κ2) is 7.92. The minimum atomic E-state index is -0.547. The Morgan fingerprint density at radius 3 is 2.92 bits per heavy atom. The van der Waals surface area contributed by atoms with Gasteiger partial charge in [0.15, 0.2) is 5.13 Å². The molecular weight excluding hydrogens is 361 g/mol. The number of nitrogens with one attached hydrogen (secondary N) is 1. The highest BCUT2D eigenvalue weighted by Gasteiger charge is 2.32. The summed E-state index contributed by atoms with van der Waals surface area (Å²) in [5.74, 6) is -0.0235. The maximum absolute atomic E-state index is 14.0. The standard InChI is InChI=1S/C16H20FN5O3S/c1-9-4-11(25-14-6-18-5-13(20-14)24-3)7-22(9)8-12-15(17)21-16(26-12)19-10(2)23/h5-6,9,11H,4,7-8H2,1-3H3,(H,19,21,23)/t9-,11+/m0/s1. The van der Waals surface area contributed by atoms with Crippen LogP contribution in [0, 0.1) is 5.95 Å². The Labute approximate surface area is 154 Å². The number of carbonyl (C=O) groups is 1. The first-order valence-corrected chi connectivity index (χ1v) is 8.95. The van der Waals surface area contributed by atoms with Gasteiger partial charge in [-0.2, -0.15) is 14.4 Å². The zero-order valence-corrected chi connectivity index (χ0v) is 15.5. The van der Waals surface area contributed by atoms with Crippen molar-refractivity contribution < 1.29 is 18.7 Å². The highest BCUT2D eigenvalue weighted by atomic mass is 32.1. The predicted molar refractivity (Wildman–Crippen MR) is 93.9 cm³/mol. The van der Waals surface area contributed by atoms with Gasteiger partial charge in [-0.05, 0) is 6.92 Å². The molecule has 1 N–H and O–H groups in total. The largest absolute Gasteiger partial charge is 0.480 e. The highest BCUT2D eigenvalue weighted by Crippen LogP contribution is 2.28. The molecule has 0 aliphatic carbocycles. The first-order chi connectivity index (χ1) is 12.4. The summed E-state index contributed by atoms with van der Waals surface area (Å²) in [5, 5.41) is 2.79. The molecule has 1 fully saturated rings. The second-order valence-corrected chi connectivity index (χ2v) is 7.15. The van der Waals surface area contributed by atoms with Crippen molar-refractivity contribution in [2.45, 2.75) is 39.0 Å². The molecule has 3 heterocycles. The number of methoxy groups -OCH3 is 1. The summed E-state index contributed by atoms with van der Waals surface area (Å²) in [7, 11) is 1.52. The van der Waals surface area contributed by atoms with E-state index in [9.17, 15) is 9.18 Å². The van der Waals surface area contributed by atoms with Crippen LogP contribution in [0.3, 0.4) is 0 Å². The van der Waals surface area contributed by atoms with Crippen LogP contribution in [0.15, 0.2) is 12.4 Å². The maximum atomic E-state index is 14.0. The monoisotopic (exact) mass is 381 g/mol. The predicted octanol–water partition coefficient (Wildman–Crippen LogP) is 2.08. The summed E-state index contributed by atoms with van der Waals surface area (Å²) in [6.07, 6.45) is 3.77. The fraction of sp³-hybridized carbons (Fsp3) is 0.500. The third-order valence-electron chi connectivity index (χ3n) is 4.03. The van der Waals surface area contributed by atoms with Crippen LogP contribution >= 0.6 is 11.3 Å². The van der Waals surface area contributed by atoms with E-state index in [1.165, 1.54) is 20.2 Å². The zero-order valence-electron chi connectivity index (χ0n) is 14.7. The van der Waals surface area contributed by atoms with Gasteiger partial charge < -0.3 is 14.8 Å². The van der Waals surface area contributed by atoms with Crippen LogP contribution in [0.4, 0.5) is 9.52 Å². The molecule has 3 rings (SSSR count). The Hall–Kier alpha value is -2.33. The van der Waals surface area contributed by atoms with Crippen molar-refractivity contribution in [3.05, 3.63) is 23.2 Å². The van der Waals surface area contributed by atoms with Crippen molar-refractivity contribution in [3.8, 4) is 11.8 Å². The van der Waals surface area contributed by atoms with Crippen molar-refractivity contribution in [2.75, 3.05) is 19.0 Å². The number of halogens is 1. The highest BCUT2D eigenvalue weighted by molar-refractivity contribution is 7.15. The van der Waals surface area contributed by atoms with E-state index in [2.05, 4.69) is 32.1 Å². The average molecular weight is 381 g/mol. The molecule has 1 saturated heterocycles. The molecule has 10 heteroatoms. The van der Waals surface area contributed by atoms with E-state index in [0.717, 1.165) is 17.8 Å². The number of ether oxygens (including phenoxy) is 2. The average Bonchev–Trinajstić information content (AvgIpc) is 3.09. The molecule has 2 atom stereocenters. The topological polar surface area (TPSA) is 89.5 Å². The van der Waals surface area contributed by atoms with Crippen LogP contribution in [-0.4, -0.2) is 51.6 Å². The maximum Gasteiger partial charge on any atom is 0.235 e. The number of nitrogens with zero attached hydrogens (tertiary/aromatic N) is 4. The molecule has 0 radical (unpaired) electrons. The molecular formula is C16H20FN5O3S. The van der Waals surface area contributed by atoms with Gasteiger partial charge in [-0.15, -0.1) is 0 Å². The quantitative estimate of drug-likeness (QED) is 0.819. The Balaban J connectivity index is 1.62. The van der Waals surface area contributed by atoms with Gasteiger partial charge >= 0.3 is 0 Å². The minimum absolute atomic E-state index is 0.0720. The Morgan fingerprint density at radius 2 is 2.19 bits per heavy atom. The summed E-state index contributed by atoms with van der Waals surface area (Å²) in [5.41, 5.74) is 0. The first-order valence-electron chi connectivity index (χ1n) is 8.14. The normalized spacial score (nSPS) is 20.2.